The lowest BCUT2D eigenvalue weighted by Gasteiger charge is -2.31. The van der Waals surface area contributed by atoms with Crippen molar-refractivity contribution >= 4 is 12.2 Å². The Morgan fingerprint density at radius 1 is 1.28 bits per heavy atom. The summed E-state index contributed by atoms with van der Waals surface area (Å²) in [6.45, 7) is 4.27. The van der Waals surface area contributed by atoms with E-state index in [1.54, 1.807) is 6.20 Å². The molecule has 8 nitrogen and oxygen atoms in total. The van der Waals surface area contributed by atoms with Crippen LogP contribution >= 0.6 is 0 Å². The second-order valence-electron chi connectivity index (χ2n) is 9.10. The highest BCUT2D eigenvalue weighted by atomic mass is 16.5. The van der Waals surface area contributed by atoms with E-state index in [0.29, 0.717) is 25.0 Å². The number of aromatic nitrogens is 1. The third-order valence-corrected chi connectivity index (χ3v) is 6.95. The number of rotatable bonds is 9. The van der Waals surface area contributed by atoms with Crippen LogP contribution in [0.4, 0.5) is 0 Å². The minimum atomic E-state index is -0.288. The van der Waals surface area contributed by atoms with Crippen molar-refractivity contribution in [3.05, 3.63) is 23.4 Å². The van der Waals surface area contributed by atoms with Crippen molar-refractivity contribution in [3.63, 3.8) is 0 Å². The minimum Gasteiger partial charge on any atom is -0.470 e. The summed E-state index contributed by atoms with van der Waals surface area (Å²) < 4.78 is 17.4. The van der Waals surface area contributed by atoms with Gasteiger partial charge in [0.15, 0.2) is 6.29 Å². The number of carbonyl (C=O) groups is 2. The summed E-state index contributed by atoms with van der Waals surface area (Å²) >= 11 is 0. The van der Waals surface area contributed by atoms with Crippen molar-refractivity contribution in [2.75, 3.05) is 26.4 Å². The summed E-state index contributed by atoms with van der Waals surface area (Å²) in [4.78, 5) is 27.5. The smallest absolute Gasteiger partial charge is 0.249 e. The van der Waals surface area contributed by atoms with Crippen molar-refractivity contribution in [3.8, 4) is 5.88 Å². The van der Waals surface area contributed by atoms with Gasteiger partial charge < -0.3 is 24.8 Å². The molecular formula is C24H35N3O5. The average Bonchev–Trinajstić information content (AvgIpc) is 3.49. The van der Waals surface area contributed by atoms with Gasteiger partial charge in [0.25, 0.3) is 0 Å². The summed E-state index contributed by atoms with van der Waals surface area (Å²) in [5.74, 6) is 0.968. The predicted molar refractivity (Wildman–Crippen MR) is 119 cm³/mol. The first kappa shape index (κ1) is 23.1. The Morgan fingerprint density at radius 3 is 2.88 bits per heavy atom. The molecule has 0 radical (unpaired) electrons. The first-order valence-electron chi connectivity index (χ1n) is 11.9. The Kier molecular flexibility index (Phi) is 8.10. The number of aldehydes is 1. The van der Waals surface area contributed by atoms with Crippen LogP contribution in [-0.2, 0) is 19.1 Å². The summed E-state index contributed by atoms with van der Waals surface area (Å²) in [5, 5.41) is 6.64. The van der Waals surface area contributed by atoms with Gasteiger partial charge in [-0.25, -0.2) is 4.98 Å². The van der Waals surface area contributed by atoms with Crippen LogP contribution in [-0.4, -0.2) is 67.8 Å². The number of amides is 1. The van der Waals surface area contributed by atoms with Crippen LogP contribution in [0.25, 0.3) is 0 Å². The van der Waals surface area contributed by atoms with Gasteiger partial charge in [0.1, 0.15) is 12.7 Å². The number of nitrogens with one attached hydrogen (secondary N) is 2. The van der Waals surface area contributed by atoms with Gasteiger partial charge in [0.05, 0.1) is 18.8 Å². The highest BCUT2D eigenvalue weighted by Crippen LogP contribution is 2.39. The first-order valence-corrected chi connectivity index (χ1v) is 11.9. The average molecular weight is 446 g/mol. The molecule has 4 rings (SSSR count). The molecule has 3 aliphatic rings. The molecule has 2 N–H and O–H groups in total. The van der Waals surface area contributed by atoms with Gasteiger partial charge in [0.2, 0.25) is 11.8 Å². The van der Waals surface area contributed by atoms with Gasteiger partial charge in [0, 0.05) is 24.4 Å². The number of carbonyl (C=O) groups excluding carboxylic acids is 2. The Labute approximate surface area is 189 Å². The molecule has 0 unspecified atom stereocenters. The second kappa shape index (κ2) is 11.2. The molecule has 0 bridgehead atoms. The molecule has 8 heteroatoms. The van der Waals surface area contributed by atoms with E-state index in [-0.39, 0.29) is 36.8 Å². The third-order valence-electron chi connectivity index (χ3n) is 6.95. The molecule has 1 aromatic rings. The van der Waals surface area contributed by atoms with Crippen LogP contribution in [0.2, 0.25) is 0 Å². The summed E-state index contributed by atoms with van der Waals surface area (Å²) in [7, 11) is 0. The van der Waals surface area contributed by atoms with E-state index in [1.165, 1.54) is 0 Å². The third kappa shape index (κ3) is 5.66. The standard InChI is InChI=1S/C24H35N3O5/c1-16-8-10-26-24(31-14-12-28)22(16)17-4-6-18(7-5-17)32-15-20-19(9-11-25-20)27-23(29)21-3-2-13-30-21/h8,10,12,17-21,25H,2-7,9,11,13-15H2,1H3,(H,27,29)/t17?,18?,19-,20-,21+/m0/s1. The molecule has 0 aromatic carbocycles. The van der Waals surface area contributed by atoms with E-state index >= 15 is 0 Å². The van der Waals surface area contributed by atoms with Crippen molar-refractivity contribution in [1.82, 2.24) is 15.6 Å². The molecule has 3 heterocycles. The summed E-state index contributed by atoms with van der Waals surface area (Å²) in [6, 6.07) is 2.24. The molecule has 3 fully saturated rings. The molecule has 2 saturated heterocycles. The molecule has 2 aliphatic heterocycles. The highest BCUT2D eigenvalue weighted by Gasteiger charge is 2.33. The molecule has 0 spiro atoms. The molecule has 1 aromatic heterocycles. The van der Waals surface area contributed by atoms with Crippen LogP contribution in [0, 0.1) is 6.92 Å². The quantitative estimate of drug-likeness (QED) is 0.561. The van der Waals surface area contributed by atoms with Crippen molar-refractivity contribution in [2.24, 2.45) is 0 Å². The Hall–Kier alpha value is -2.03. The zero-order valence-corrected chi connectivity index (χ0v) is 18.9. The monoisotopic (exact) mass is 445 g/mol. The summed E-state index contributed by atoms with van der Waals surface area (Å²) in [5.41, 5.74) is 2.28. The van der Waals surface area contributed by atoms with Gasteiger partial charge in [-0.2, -0.15) is 0 Å². The van der Waals surface area contributed by atoms with Crippen LogP contribution in [0.15, 0.2) is 12.3 Å². The van der Waals surface area contributed by atoms with Crippen molar-refractivity contribution in [2.45, 2.75) is 82.1 Å². The van der Waals surface area contributed by atoms with Gasteiger partial charge in [-0.3, -0.25) is 9.59 Å². The molecule has 1 aliphatic carbocycles. The number of pyridine rings is 1. The Bertz CT molecular complexity index is 775. The van der Waals surface area contributed by atoms with Gasteiger partial charge >= 0.3 is 0 Å². The molecular weight excluding hydrogens is 410 g/mol. The lowest BCUT2D eigenvalue weighted by molar-refractivity contribution is -0.131. The Balaban J connectivity index is 1.25. The van der Waals surface area contributed by atoms with E-state index in [0.717, 1.165) is 68.9 Å². The number of hydrogen-bond donors (Lipinski definition) is 2. The largest absolute Gasteiger partial charge is 0.470 e. The number of nitrogens with zero attached hydrogens (tertiary/aromatic N) is 1. The number of aryl methyl sites for hydroxylation is 1. The maximum absolute atomic E-state index is 12.4. The Morgan fingerprint density at radius 2 is 2.12 bits per heavy atom. The fourth-order valence-electron chi connectivity index (χ4n) is 5.20. The second-order valence-corrected chi connectivity index (χ2v) is 9.10. The molecule has 1 saturated carbocycles. The maximum atomic E-state index is 12.4. The van der Waals surface area contributed by atoms with Crippen LogP contribution in [0.5, 0.6) is 5.88 Å². The highest BCUT2D eigenvalue weighted by molar-refractivity contribution is 5.81. The summed E-state index contributed by atoms with van der Waals surface area (Å²) in [6.07, 6.45) is 9.08. The van der Waals surface area contributed by atoms with E-state index < -0.39 is 0 Å². The number of ether oxygens (including phenoxy) is 3. The topological polar surface area (TPSA) is 98.8 Å². The maximum Gasteiger partial charge on any atom is 0.249 e. The van der Waals surface area contributed by atoms with Crippen molar-refractivity contribution in [1.29, 1.82) is 0 Å². The SMILES string of the molecule is Cc1ccnc(OCC=O)c1C1CCC(OC[C@@H]2NCC[C@@H]2NC(=O)[C@H]2CCCO2)CC1. The van der Waals surface area contributed by atoms with Crippen LogP contribution in [0.1, 0.15) is 62.0 Å². The minimum absolute atomic E-state index is 0.0150. The molecule has 1 amide bonds. The lowest BCUT2D eigenvalue weighted by Crippen LogP contribution is -2.49. The van der Waals surface area contributed by atoms with Gasteiger partial charge in [-0.1, -0.05) is 0 Å². The number of hydrogen-bond acceptors (Lipinski definition) is 7. The molecule has 3 atom stereocenters. The lowest BCUT2D eigenvalue weighted by atomic mass is 9.81. The van der Waals surface area contributed by atoms with Crippen molar-refractivity contribution < 1.29 is 23.8 Å². The van der Waals surface area contributed by atoms with Crippen LogP contribution < -0.4 is 15.4 Å². The fourth-order valence-corrected chi connectivity index (χ4v) is 5.20. The fraction of sp³-hybridized carbons (Fsp3) is 0.708. The van der Waals surface area contributed by atoms with E-state index in [2.05, 4.69) is 22.5 Å². The normalized spacial score (nSPS) is 30.2. The predicted octanol–water partition coefficient (Wildman–Crippen LogP) is 2.04. The molecule has 32 heavy (non-hydrogen) atoms. The van der Waals surface area contributed by atoms with E-state index in [4.69, 9.17) is 14.2 Å². The van der Waals surface area contributed by atoms with Gasteiger partial charge in [-0.15, -0.1) is 0 Å². The zero-order valence-electron chi connectivity index (χ0n) is 18.9. The van der Waals surface area contributed by atoms with Crippen LogP contribution in [0.3, 0.4) is 0 Å². The van der Waals surface area contributed by atoms with E-state index in [1.807, 2.05) is 6.07 Å². The first-order chi connectivity index (χ1) is 15.7. The zero-order chi connectivity index (χ0) is 22.3. The van der Waals surface area contributed by atoms with Gasteiger partial charge in [-0.05, 0) is 76.0 Å². The van der Waals surface area contributed by atoms with E-state index in [9.17, 15) is 9.59 Å². The molecule has 176 valence electrons.